The molecule has 0 nitrogen and oxygen atoms in total. The Hall–Kier alpha value is -0.230. The number of hydrogen-bond donors (Lipinski definition) is 0. The number of halogens is 5. The van der Waals surface area contributed by atoms with Gasteiger partial charge in [0, 0.05) is 5.02 Å². The third-order valence-corrected chi connectivity index (χ3v) is 4.00. The summed E-state index contributed by atoms with van der Waals surface area (Å²) in [6.45, 7) is 1.96. The molecular formula is C13H13ClF3I. The van der Waals surface area contributed by atoms with Crippen molar-refractivity contribution in [1.29, 1.82) is 0 Å². The molecule has 0 heterocycles. The Kier molecular flexibility index (Phi) is 5.98. The molecule has 0 aromatic heterocycles. The van der Waals surface area contributed by atoms with Gasteiger partial charge in [-0.3, -0.25) is 0 Å². The largest absolute Gasteiger partial charge is 0.422 e. The molecule has 0 saturated heterocycles. The number of benzene rings is 1. The first kappa shape index (κ1) is 15.8. The van der Waals surface area contributed by atoms with Gasteiger partial charge in [0.1, 0.15) is 0 Å². The zero-order chi connectivity index (χ0) is 13.8. The van der Waals surface area contributed by atoms with E-state index < -0.39 is 9.76 Å². The topological polar surface area (TPSA) is 0 Å². The highest BCUT2D eigenvalue weighted by Crippen LogP contribution is 2.39. The van der Waals surface area contributed by atoms with Crippen LogP contribution in [-0.4, -0.2) is 6.18 Å². The Morgan fingerprint density at radius 3 is 2.22 bits per heavy atom. The lowest BCUT2D eigenvalue weighted by Gasteiger charge is -2.14. The molecular weight excluding hydrogens is 375 g/mol. The lowest BCUT2D eigenvalue weighted by atomic mass is 10.00. The summed E-state index contributed by atoms with van der Waals surface area (Å²) in [5.74, 6) is 0. The highest BCUT2D eigenvalue weighted by Gasteiger charge is 2.34. The summed E-state index contributed by atoms with van der Waals surface area (Å²) < 4.78 is 37.9. The summed E-state index contributed by atoms with van der Waals surface area (Å²) in [4.78, 5) is 0. The van der Waals surface area contributed by atoms with Crippen molar-refractivity contribution in [2.24, 2.45) is 0 Å². The average molecular weight is 389 g/mol. The molecule has 0 amide bonds. The Morgan fingerprint density at radius 2 is 1.78 bits per heavy atom. The van der Waals surface area contributed by atoms with Gasteiger partial charge in [0.15, 0.2) is 0 Å². The van der Waals surface area contributed by atoms with E-state index in [0.29, 0.717) is 22.6 Å². The average Bonchev–Trinajstić information content (AvgIpc) is 2.30. The normalized spacial score (nSPS) is 13.4. The molecule has 18 heavy (non-hydrogen) atoms. The number of hydrogen-bond acceptors (Lipinski definition) is 0. The summed E-state index contributed by atoms with van der Waals surface area (Å²) in [5, 5.41) is 0.524. The molecule has 1 aromatic carbocycles. The minimum absolute atomic E-state index is 0.349. The van der Waals surface area contributed by atoms with Crippen molar-refractivity contribution in [2.45, 2.75) is 32.4 Å². The van der Waals surface area contributed by atoms with Gasteiger partial charge >= 0.3 is 6.18 Å². The first-order valence-corrected chi connectivity index (χ1v) is 7.03. The van der Waals surface area contributed by atoms with Crippen molar-refractivity contribution in [3.05, 3.63) is 38.4 Å². The smallest absolute Gasteiger partial charge is 0.166 e. The summed E-state index contributed by atoms with van der Waals surface area (Å²) in [5.41, 5.74) is 0.941. The Bertz CT molecular complexity index is 421. The van der Waals surface area contributed by atoms with Crippen LogP contribution >= 0.6 is 34.2 Å². The van der Waals surface area contributed by atoms with Gasteiger partial charge < -0.3 is 0 Å². The second-order valence-corrected chi connectivity index (χ2v) is 5.42. The van der Waals surface area contributed by atoms with Crippen LogP contribution in [0.2, 0.25) is 5.02 Å². The standard InChI is InChI=1S/C13H13ClF3I/c1-2-3-4-11(12(18)13(15,16)17)9-5-7-10(14)8-6-9/h5-8H,2-4H2,1H3/b12-11+. The third-order valence-electron chi connectivity index (χ3n) is 2.49. The zero-order valence-electron chi connectivity index (χ0n) is 9.82. The molecule has 1 rings (SSSR count). The molecule has 0 unspecified atom stereocenters. The number of allylic oxidation sites excluding steroid dienone is 2. The molecule has 0 bridgehead atoms. The summed E-state index contributed by atoms with van der Waals surface area (Å²) in [6, 6.07) is 6.50. The first-order valence-electron chi connectivity index (χ1n) is 5.58. The molecule has 0 atom stereocenters. The van der Waals surface area contributed by atoms with Crippen molar-refractivity contribution >= 4 is 39.8 Å². The van der Waals surface area contributed by atoms with Crippen LogP contribution < -0.4 is 0 Å². The lowest BCUT2D eigenvalue weighted by Crippen LogP contribution is -2.09. The van der Waals surface area contributed by atoms with Crippen LogP contribution in [0.3, 0.4) is 0 Å². The molecule has 0 aliphatic heterocycles. The van der Waals surface area contributed by atoms with Gasteiger partial charge in [0.2, 0.25) is 0 Å². The SMILES string of the molecule is CCCC/C(=C(\I)C(F)(F)F)c1ccc(Cl)cc1. The molecule has 0 aliphatic carbocycles. The van der Waals surface area contributed by atoms with Gasteiger partial charge in [-0.1, -0.05) is 37.1 Å². The predicted octanol–water partition coefficient (Wildman–Crippen LogP) is 6.24. The maximum absolute atomic E-state index is 12.8. The third kappa shape index (κ3) is 4.46. The molecule has 0 aliphatic rings. The van der Waals surface area contributed by atoms with Crippen molar-refractivity contribution < 1.29 is 13.2 Å². The monoisotopic (exact) mass is 388 g/mol. The van der Waals surface area contributed by atoms with Crippen molar-refractivity contribution in [3.8, 4) is 0 Å². The molecule has 0 N–H and O–H groups in total. The zero-order valence-corrected chi connectivity index (χ0v) is 12.7. The van der Waals surface area contributed by atoms with Crippen LogP contribution in [0.1, 0.15) is 31.7 Å². The Balaban J connectivity index is 3.17. The van der Waals surface area contributed by atoms with Crippen LogP contribution in [0.15, 0.2) is 27.8 Å². The van der Waals surface area contributed by atoms with Gasteiger partial charge in [0.05, 0.1) is 3.58 Å². The highest BCUT2D eigenvalue weighted by atomic mass is 127. The minimum Gasteiger partial charge on any atom is -0.166 e. The van der Waals surface area contributed by atoms with E-state index in [-0.39, 0.29) is 0 Å². The molecule has 0 fully saturated rings. The maximum Gasteiger partial charge on any atom is 0.422 e. The lowest BCUT2D eigenvalue weighted by molar-refractivity contribution is -0.0813. The van der Waals surface area contributed by atoms with Gasteiger partial charge in [-0.15, -0.1) is 0 Å². The molecule has 0 saturated carbocycles. The molecule has 1 aromatic rings. The van der Waals surface area contributed by atoms with Crippen molar-refractivity contribution in [3.63, 3.8) is 0 Å². The summed E-state index contributed by atoms with van der Waals surface area (Å²) >= 11 is 7.13. The molecule has 100 valence electrons. The fourth-order valence-corrected chi connectivity index (χ4v) is 2.26. The van der Waals surface area contributed by atoms with E-state index in [1.165, 1.54) is 22.6 Å². The number of unbranched alkanes of at least 4 members (excludes halogenated alkanes) is 1. The van der Waals surface area contributed by atoms with Gasteiger partial charge in [0.25, 0.3) is 0 Å². The van der Waals surface area contributed by atoms with E-state index in [1.807, 2.05) is 6.92 Å². The fourth-order valence-electron chi connectivity index (χ4n) is 1.56. The van der Waals surface area contributed by atoms with Crippen molar-refractivity contribution in [1.82, 2.24) is 0 Å². The predicted molar refractivity (Wildman–Crippen MR) is 78.0 cm³/mol. The van der Waals surface area contributed by atoms with Gasteiger partial charge in [-0.25, -0.2) is 0 Å². The van der Waals surface area contributed by atoms with Crippen LogP contribution in [0, 0.1) is 0 Å². The van der Waals surface area contributed by atoms with Crippen LogP contribution in [0.5, 0.6) is 0 Å². The van der Waals surface area contributed by atoms with Gasteiger partial charge in [-0.05, 0) is 58.7 Å². The minimum atomic E-state index is -4.29. The second-order valence-electron chi connectivity index (χ2n) is 3.90. The highest BCUT2D eigenvalue weighted by molar-refractivity contribution is 14.1. The molecule has 0 radical (unpaired) electrons. The quantitative estimate of drug-likeness (QED) is 0.536. The fraction of sp³-hybridized carbons (Fsp3) is 0.385. The van der Waals surface area contributed by atoms with Crippen LogP contribution in [-0.2, 0) is 0 Å². The van der Waals surface area contributed by atoms with E-state index in [4.69, 9.17) is 11.6 Å². The maximum atomic E-state index is 12.8. The van der Waals surface area contributed by atoms with E-state index >= 15 is 0 Å². The molecule has 0 spiro atoms. The number of rotatable bonds is 4. The van der Waals surface area contributed by atoms with Gasteiger partial charge in [-0.2, -0.15) is 13.2 Å². The van der Waals surface area contributed by atoms with Crippen LogP contribution in [0.4, 0.5) is 13.2 Å². The summed E-state index contributed by atoms with van der Waals surface area (Å²) in [7, 11) is 0. The van der Waals surface area contributed by atoms with Crippen molar-refractivity contribution in [2.75, 3.05) is 0 Å². The Labute approximate surface area is 123 Å². The summed E-state index contributed by atoms with van der Waals surface area (Å²) in [6.07, 6.45) is -2.27. The second kappa shape index (κ2) is 6.80. The first-order chi connectivity index (χ1) is 8.36. The van der Waals surface area contributed by atoms with E-state index in [0.717, 1.165) is 12.8 Å². The van der Waals surface area contributed by atoms with Crippen LogP contribution in [0.25, 0.3) is 5.57 Å². The Morgan fingerprint density at radius 1 is 1.22 bits per heavy atom. The van der Waals surface area contributed by atoms with E-state index in [9.17, 15) is 13.2 Å². The van der Waals surface area contributed by atoms with E-state index in [1.54, 1.807) is 24.3 Å². The van der Waals surface area contributed by atoms with E-state index in [2.05, 4.69) is 0 Å². The number of alkyl halides is 3. The molecule has 5 heteroatoms.